The van der Waals surface area contributed by atoms with Gasteiger partial charge in [-0.2, -0.15) is 0 Å². The average molecular weight is 264 g/mol. The zero-order valence-corrected chi connectivity index (χ0v) is 12.1. The molecule has 0 aromatic carbocycles. The molecule has 19 heavy (non-hydrogen) atoms. The number of hydrogen-bond donors (Lipinski definition) is 2. The van der Waals surface area contributed by atoms with Gasteiger partial charge in [-0.05, 0) is 31.7 Å². The molecule has 0 amide bonds. The van der Waals surface area contributed by atoms with Crippen LogP contribution in [0.25, 0.3) is 0 Å². The number of rotatable bonds is 4. The first-order valence-corrected chi connectivity index (χ1v) is 6.98. The van der Waals surface area contributed by atoms with Crippen molar-refractivity contribution in [2.45, 2.75) is 45.1 Å². The van der Waals surface area contributed by atoms with Crippen molar-refractivity contribution in [2.24, 2.45) is 5.92 Å². The SMILES string of the molecule is COc1cnc(C)cc1NC1(CO)CCCC(C)C1. The van der Waals surface area contributed by atoms with Gasteiger partial charge in [0.2, 0.25) is 0 Å². The van der Waals surface area contributed by atoms with E-state index >= 15 is 0 Å². The lowest BCUT2D eigenvalue weighted by Gasteiger charge is -2.40. The van der Waals surface area contributed by atoms with Crippen molar-refractivity contribution in [1.29, 1.82) is 0 Å². The fourth-order valence-corrected chi connectivity index (χ4v) is 3.05. The van der Waals surface area contributed by atoms with Gasteiger partial charge in [0.25, 0.3) is 0 Å². The van der Waals surface area contributed by atoms with Crippen LogP contribution < -0.4 is 10.1 Å². The molecule has 1 heterocycles. The van der Waals surface area contributed by atoms with Crippen LogP contribution in [0.1, 0.15) is 38.3 Å². The fraction of sp³-hybridized carbons (Fsp3) is 0.667. The van der Waals surface area contributed by atoms with Crippen molar-refractivity contribution < 1.29 is 9.84 Å². The highest BCUT2D eigenvalue weighted by atomic mass is 16.5. The van der Waals surface area contributed by atoms with E-state index in [-0.39, 0.29) is 12.1 Å². The van der Waals surface area contributed by atoms with Gasteiger partial charge in [0.05, 0.1) is 31.1 Å². The van der Waals surface area contributed by atoms with Crippen LogP contribution in [-0.4, -0.2) is 29.3 Å². The predicted octanol–water partition coefficient (Wildman–Crippen LogP) is 2.75. The minimum atomic E-state index is -0.223. The summed E-state index contributed by atoms with van der Waals surface area (Å²) in [5.74, 6) is 1.37. The van der Waals surface area contributed by atoms with E-state index < -0.39 is 0 Å². The van der Waals surface area contributed by atoms with Crippen LogP contribution in [-0.2, 0) is 0 Å². The molecule has 1 fully saturated rings. The predicted molar refractivity (Wildman–Crippen MR) is 76.6 cm³/mol. The Kier molecular flexibility index (Phi) is 4.30. The van der Waals surface area contributed by atoms with E-state index in [1.165, 1.54) is 6.42 Å². The second kappa shape index (κ2) is 5.78. The number of aliphatic hydroxyl groups is 1. The highest BCUT2D eigenvalue weighted by Crippen LogP contribution is 2.37. The second-order valence-electron chi connectivity index (χ2n) is 5.79. The third kappa shape index (κ3) is 3.18. The molecule has 0 aliphatic heterocycles. The van der Waals surface area contributed by atoms with E-state index in [2.05, 4.69) is 17.2 Å². The smallest absolute Gasteiger partial charge is 0.160 e. The normalized spacial score (nSPS) is 27.1. The number of aryl methyl sites for hydroxylation is 1. The van der Waals surface area contributed by atoms with Crippen LogP contribution in [0.15, 0.2) is 12.3 Å². The molecule has 1 aromatic rings. The molecule has 0 spiro atoms. The Morgan fingerprint density at radius 2 is 2.37 bits per heavy atom. The number of aromatic nitrogens is 1. The van der Waals surface area contributed by atoms with Gasteiger partial charge in [-0.15, -0.1) is 0 Å². The molecule has 4 heteroatoms. The number of nitrogens with one attached hydrogen (secondary N) is 1. The monoisotopic (exact) mass is 264 g/mol. The first-order chi connectivity index (χ1) is 9.08. The molecule has 106 valence electrons. The molecular weight excluding hydrogens is 240 g/mol. The van der Waals surface area contributed by atoms with Crippen molar-refractivity contribution in [1.82, 2.24) is 4.98 Å². The molecule has 1 saturated carbocycles. The van der Waals surface area contributed by atoms with Crippen molar-refractivity contribution in [2.75, 3.05) is 19.0 Å². The molecule has 4 nitrogen and oxygen atoms in total. The second-order valence-corrected chi connectivity index (χ2v) is 5.79. The van der Waals surface area contributed by atoms with Crippen LogP contribution in [0, 0.1) is 12.8 Å². The van der Waals surface area contributed by atoms with Gasteiger partial charge >= 0.3 is 0 Å². The van der Waals surface area contributed by atoms with Crippen LogP contribution in [0.5, 0.6) is 5.75 Å². The summed E-state index contributed by atoms with van der Waals surface area (Å²) in [7, 11) is 1.65. The summed E-state index contributed by atoms with van der Waals surface area (Å²) < 4.78 is 5.35. The van der Waals surface area contributed by atoms with Crippen molar-refractivity contribution in [3.63, 3.8) is 0 Å². The number of hydrogen-bond acceptors (Lipinski definition) is 4. The van der Waals surface area contributed by atoms with Gasteiger partial charge in [-0.3, -0.25) is 4.98 Å². The Bertz CT molecular complexity index is 436. The Hall–Kier alpha value is -1.29. The van der Waals surface area contributed by atoms with Gasteiger partial charge in [-0.1, -0.05) is 19.8 Å². The summed E-state index contributed by atoms with van der Waals surface area (Å²) in [4.78, 5) is 4.24. The zero-order chi connectivity index (χ0) is 13.9. The van der Waals surface area contributed by atoms with Crippen LogP contribution in [0.3, 0.4) is 0 Å². The number of anilines is 1. The lowest BCUT2D eigenvalue weighted by atomic mass is 9.76. The molecule has 0 saturated heterocycles. The molecule has 1 aromatic heterocycles. The summed E-state index contributed by atoms with van der Waals surface area (Å²) in [6.45, 7) is 4.36. The van der Waals surface area contributed by atoms with E-state index in [9.17, 15) is 5.11 Å². The third-order valence-electron chi connectivity index (χ3n) is 4.02. The Labute approximate surface area is 115 Å². The minimum absolute atomic E-state index is 0.155. The van der Waals surface area contributed by atoms with Crippen molar-refractivity contribution in [3.05, 3.63) is 18.0 Å². The maximum Gasteiger partial charge on any atom is 0.160 e. The van der Waals surface area contributed by atoms with E-state index in [4.69, 9.17) is 4.74 Å². The maximum absolute atomic E-state index is 9.83. The molecule has 1 aliphatic carbocycles. The third-order valence-corrected chi connectivity index (χ3v) is 4.02. The van der Waals surface area contributed by atoms with E-state index in [0.717, 1.165) is 36.4 Å². The Balaban J connectivity index is 2.24. The van der Waals surface area contributed by atoms with Crippen molar-refractivity contribution >= 4 is 5.69 Å². The minimum Gasteiger partial charge on any atom is -0.493 e. The van der Waals surface area contributed by atoms with Gasteiger partial charge in [0.15, 0.2) is 5.75 Å². The quantitative estimate of drug-likeness (QED) is 0.878. The molecule has 2 atom stereocenters. The van der Waals surface area contributed by atoms with Gasteiger partial charge in [-0.25, -0.2) is 0 Å². The highest BCUT2D eigenvalue weighted by Gasteiger charge is 2.34. The number of methoxy groups -OCH3 is 1. The van der Waals surface area contributed by atoms with Crippen molar-refractivity contribution in [3.8, 4) is 5.75 Å². The number of aliphatic hydroxyl groups excluding tert-OH is 1. The number of nitrogens with zero attached hydrogens (tertiary/aromatic N) is 1. The summed E-state index contributed by atoms with van der Waals surface area (Å²) in [6.07, 6.45) is 6.12. The first kappa shape index (κ1) is 14.1. The molecule has 0 radical (unpaired) electrons. The Morgan fingerprint density at radius 3 is 3.00 bits per heavy atom. The number of ether oxygens (including phenoxy) is 1. The van der Waals surface area contributed by atoms with Gasteiger partial charge in [0, 0.05) is 5.69 Å². The molecule has 1 aliphatic rings. The molecule has 2 unspecified atom stereocenters. The van der Waals surface area contributed by atoms with E-state index in [1.54, 1.807) is 13.3 Å². The van der Waals surface area contributed by atoms with Crippen LogP contribution in [0.2, 0.25) is 0 Å². The molecular formula is C15H24N2O2. The summed E-state index contributed by atoms with van der Waals surface area (Å²) in [5.41, 5.74) is 1.65. The van der Waals surface area contributed by atoms with Gasteiger partial charge in [0.1, 0.15) is 0 Å². The molecule has 2 rings (SSSR count). The first-order valence-electron chi connectivity index (χ1n) is 6.98. The molecule has 2 N–H and O–H groups in total. The van der Waals surface area contributed by atoms with Crippen LogP contribution in [0.4, 0.5) is 5.69 Å². The van der Waals surface area contributed by atoms with E-state index in [1.807, 2.05) is 13.0 Å². The zero-order valence-electron chi connectivity index (χ0n) is 12.1. The summed E-state index contributed by atoms with van der Waals surface area (Å²) in [6, 6.07) is 1.98. The van der Waals surface area contributed by atoms with E-state index in [0.29, 0.717) is 5.92 Å². The Morgan fingerprint density at radius 1 is 1.58 bits per heavy atom. The topological polar surface area (TPSA) is 54.4 Å². The number of pyridine rings is 1. The van der Waals surface area contributed by atoms with Crippen LogP contribution >= 0.6 is 0 Å². The fourth-order valence-electron chi connectivity index (χ4n) is 3.05. The average Bonchev–Trinajstić information content (AvgIpc) is 2.39. The lowest BCUT2D eigenvalue weighted by molar-refractivity contribution is 0.149. The summed E-state index contributed by atoms with van der Waals surface area (Å²) >= 11 is 0. The standard InChI is InChI=1S/C15H24N2O2/c1-11-5-4-6-15(8-11,10-18)17-13-7-12(2)16-9-14(13)19-3/h7,9,11,18H,4-6,8,10H2,1-3H3,(H,16,17). The summed E-state index contributed by atoms with van der Waals surface area (Å²) in [5, 5.41) is 13.4. The van der Waals surface area contributed by atoms with Gasteiger partial charge < -0.3 is 15.2 Å². The molecule has 0 bridgehead atoms. The lowest BCUT2D eigenvalue weighted by Crippen LogP contribution is -2.46. The highest BCUT2D eigenvalue weighted by molar-refractivity contribution is 5.57. The largest absolute Gasteiger partial charge is 0.493 e. The maximum atomic E-state index is 9.83.